The lowest BCUT2D eigenvalue weighted by molar-refractivity contribution is -0.0421. The van der Waals surface area contributed by atoms with Gasteiger partial charge in [-0.05, 0) is 38.8 Å². The minimum Gasteiger partial charge on any atom is -0.396 e. The Kier molecular flexibility index (Phi) is 5.05. The predicted octanol–water partition coefficient (Wildman–Crippen LogP) is 1.05. The lowest BCUT2D eigenvalue weighted by Crippen LogP contribution is -2.44. The number of likely N-dealkylation sites (tertiary alicyclic amines) is 1. The van der Waals surface area contributed by atoms with E-state index in [-0.39, 0.29) is 24.7 Å². The van der Waals surface area contributed by atoms with Crippen molar-refractivity contribution in [3.8, 4) is 0 Å². The first-order valence-electron chi connectivity index (χ1n) is 9.95. The number of aliphatic hydroxyl groups is 2. The fourth-order valence-electron chi connectivity index (χ4n) is 4.75. The third-order valence-electron chi connectivity index (χ3n) is 6.49. The number of anilines is 1. The molecular weight excluding hydrogens is 344 g/mol. The number of hydrogen-bond acceptors (Lipinski definition) is 7. The highest BCUT2D eigenvalue weighted by molar-refractivity contribution is 5.83. The summed E-state index contributed by atoms with van der Waals surface area (Å²) in [5, 5.41) is 19.1. The summed E-state index contributed by atoms with van der Waals surface area (Å²) in [5.74, 6) is 0.872. The molecule has 3 heterocycles. The number of fused-ring (bicyclic) bond motifs is 1. The molecule has 1 aliphatic carbocycles. The third-order valence-corrected chi connectivity index (χ3v) is 6.49. The van der Waals surface area contributed by atoms with Crippen molar-refractivity contribution in [2.75, 3.05) is 44.8 Å². The van der Waals surface area contributed by atoms with E-state index >= 15 is 0 Å². The monoisotopic (exact) mass is 374 g/mol. The zero-order valence-electron chi connectivity index (χ0n) is 16.3. The van der Waals surface area contributed by atoms with Crippen LogP contribution in [0.4, 0.5) is 5.82 Å². The second kappa shape index (κ2) is 7.33. The molecule has 0 bridgehead atoms. The minimum absolute atomic E-state index is 0.0188. The van der Waals surface area contributed by atoms with Gasteiger partial charge in [-0.1, -0.05) is 6.92 Å². The first-order chi connectivity index (χ1) is 13.1. The molecule has 0 amide bonds. The maximum atomic E-state index is 9.54. The molecule has 1 aliphatic heterocycles. The van der Waals surface area contributed by atoms with Crippen molar-refractivity contribution in [1.29, 1.82) is 0 Å². The third kappa shape index (κ3) is 3.19. The highest BCUT2D eigenvalue weighted by Crippen LogP contribution is 2.48. The van der Waals surface area contributed by atoms with Crippen molar-refractivity contribution in [3.63, 3.8) is 0 Å². The summed E-state index contributed by atoms with van der Waals surface area (Å²) in [6.07, 6.45) is 7.42. The average Bonchev–Trinajstić information content (AvgIpc) is 3.28. The van der Waals surface area contributed by atoms with Gasteiger partial charge < -0.3 is 19.7 Å². The molecule has 2 N–H and O–H groups in total. The molecule has 0 radical (unpaired) electrons. The summed E-state index contributed by atoms with van der Waals surface area (Å²) in [6.45, 7) is 5.47. The van der Waals surface area contributed by atoms with E-state index in [0.29, 0.717) is 6.04 Å². The van der Waals surface area contributed by atoms with Crippen LogP contribution in [-0.4, -0.2) is 80.6 Å². The van der Waals surface area contributed by atoms with E-state index in [4.69, 9.17) is 0 Å². The van der Waals surface area contributed by atoms with Crippen molar-refractivity contribution in [2.45, 2.75) is 44.7 Å². The molecule has 2 aliphatic rings. The van der Waals surface area contributed by atoms with E-state index in [1.54, 1.807) is 6.33 Å². The highest BCUT2D eigenvalue weighted by Gasteiger charge is 2.44. The quantitative estimate of drug-likeness (QED) is 0.749. The van der Waals surface area contributed by atoms with Crippen LogP contribution >= 0.6 is 0 Å². The first kappa shape index (κ1) is 18.6. The van der Waals surface area contributed by atoms with Crippen LogP contribution in [0.25, 0.3) is 11.2 Å². The largest absolute Gasteiger partial charge is 0.396 e. The smallest absolute Gasteiger partial charge is 0.165 e. The summed E-state index contributed by atoms with van der Waals surface area (Å²) < 4.78 is 2.08. The van der Waals surface area contributed by atoms with Gasteiger partial charge in [0, 0.05) is 31.1 Å². The van der Waals surface area contributed by atoms with E-state index in [1.165, 1.54) is 19.4 Å². The Morgan fingerprint density at radius 1 is 1.22 bits per heavy atom. The van der Waals surface area contributed by atoms with E-state index in [2.05, 4.69) is 43.3 Å². The Balaban J connectivity index is 1.54. The highest BCUT2D eigenvalue weighted by atomic mass is 16.3. The zero-order valence-corrected chi connectivity index (χ0v) is 16.3. The molecular formula is C19H30N6O2. The van der Waals surface area contributed by atoms with Gasteiger partial charge in [0.2, 0.25) is 0 Å². The van der Waals surface area contributed by atoms with Crippen LogP contribution < -0.4 is 4.90 Å². The summed E-state index contributed by atoms with van der Waals surface area (Å²) in [7, 11) is 2.08. The number of hydrogen-bond donors (Lipinski definition) is 2. The summed E-state index contributed by atoms with van der Waals surface area (Å²) in [5.41, 5.74) is 1.30. The number of likely N-dealkylation sites (N-methyl/N-ethyl adjacent to an activating group) is 2. The number of aromatic nitrogens is 4. The van der Waals surface area contributed by atoms with Gasteiger partial charge in [0.15, 0.2) is 17.0 Å². The molecule has 8 nitrogen and oxygen atoms in total. The first-order valence-corrected chi connectivity index (χ1v) is 9.95. The topological polar surface area (TPSA) is 90.5 Å². The van der Waals surface area contributed by atoms with Crippen molar-refractivity contribution >= 4 is 17.0 Å². The number of nitrogens with zero attached hydrogens (tertiary/aromatic N) is 6. The van der Waals surface area contributed by atoms with Crippen molar-refractivity contribution < 1.29 is 10.2 Å². The van der Waals surface area contributed by atoms with Gasteiger partial charge in [-0.15, -0.1) is 0 Å². The molecule has 27 heavy (non-hydrogen) atoms. The van der Waals surface area contributed by atoms with E-state index in [0.717, 1.165) is 42.9 Å². The molecule has 0 spiro atoms. The van der Waals surface area contributed by atoms with E-state index in [1.807, 2.05) is 6.33 Å². The summed E-state index contributed by atoms with van der Waals surface area (Å²) in [6, 6.07) is 0.779. The van der Waals surface area contributed by atoms with E-state index in [9.17, 15) is 10.2 Å². The fraction of sp³-hybridized carbons (Fsp3) is 0.737. The van der Waals surface area contributed by atoms with Crippen LogP contribution in [0.15, 0.2) is 12.7 Å². The Bertz CT molecular complexity index is 782. The van der Waals surface area contributed by atoms with Crippen LogP contribution in [0.3, 0.4) is 0 Å². The Labute approximate surface area is 159 Å². The molecule has 2 fully saturated rings. The molecule has 2 aromatic heterocycles. The summed E-state index contributed by atoms with van der Waals surface area (Å²) >= 11 is 0. The number of rotatable bonds is 7. The van der Waals surface area contributed by atoms with Gasteiger partial charge in [0.1, 0.15) is 6.33 Å². The lowest BCUT2D eigenvalue weighted by Gasteiger charge is -2.45. The van der Waals surface area contributed by atoms with Gasteiger partial charge in [-0.25, -0.2) is 15.0 Å². The normalized spacial score (nSPS) is 23.0. The molecule has 1 unspecified atom stereocenters. The SMILES string of the molecule is CCN1CCCC1CN(C)c1ncnc2c1ncn2C1CC(CO)(CO)C1. The van der Waals surface area contributed by atoms with Gasteiger partial charge in [-0.2, -0.15) is 0 Å². The molecule has 1 saturated heterocycles. The van der Waals surface area contributed by atoms with Gasteiger partial charge in [0.25, 0.3) is 0 Å². The maximum absolute atomic E-state index is 9.54. The Hall–Kier alpha value is -1.77. The Morgan fingerprint density at radius 2 is 2.00 bits per heavy atom. The van der Waals surface area contributed by atoms with E-state index < -0.39 is 0 Å². The standard InChI is InChI=1S/C19H30N6O2/c1-3-24-6-4-5-14(24)9-23(2)17-16-18(21-12-20-17)25(13-22-16)15-7-19(8-15,10-26)11-27/h12-15,26-27H,3-11H2,1-2H3. The second-order valence-corrected chi connectivity index (χ2v) is 8.20. The van der Waals surface area contributed by atoms with Crippen LogP contribution in [0.1, 0.15) is 38.6 Å². The molecule has 1 atom stereocenters. The van der Waals surface area contributed by atoms with Crippen molar-refractivity contribution in [1.82, 2.24) is 24.4 Å². The molecule has 148 valence electrons. The predicted molar refractivity (Wildman–Crippen MR) is 104 cm³/mol. The molecule has 2 aromatic rings. The fourth-order valence-corrected chi connectivity index (χ4v) is 4.75. The minimum atomic E-state index is -0.361. The van der Waals surface area contributed by atoms with Crippen LogP contribution in [0.2, 0.25) is 0 Å². The zero-order chi connectivity index (χ0) is 19.0. The lowest BCUT2D eigenvalue weighted by atomic mass is 9.66. The van der Waals surface area contributed by atoms with Crippen LogP contribution in [0, 0.1) is 5.41 Å². The van der Waals surface area contributed by atoms with Crippen molar-refractivity contribution in [3.05, 3.63) is 12.7 Å². The molecule has 8 heteroatoms. The number of imidazole rings is 1. The van der Waals surface area contributed by atoms with Crippen LogP contribution in [0.5, 0.6) is 0 Å². The van der Waals surface area contributed by atoms with Crippen molar-refractivity contribution in [2.24, 2.45) is 5.41 Å². The Morgan fingerprint density at radius 3 is 2.70 bits per heavy atom. The molecule has 1 saturated carbocycles. The van der Waals surface area contributed by atoms with Gasteiger partial charge >= 0.3 is 0 Å². The van der Waals surface area contributed by atoms with Crippen LogP contribution in [-0.2, 0) is 0 Å². The number of aliphatic hydroxyl groups excluding tert-OH is 2. The van der Waals surface area contributed by atoms with Gasteiger partial charge in [-0.3, -0.25) is 4.90 Å². The molecule has 0 aromatic carbocycles. The summed E-state index contributed by atoms with van der Waals surface area (Å²) in [4.78, 5) is 18.3. The average molecular weight is 374 g/mol. The second-order valence-electron chi connectivity index (χ2n) is 8.20. The molecule has 4 rings (SSSR count). The maximum Gasteiger partial charge on any atom is 0.165 e. The van der Waals surface area contributed by atoms with Gasteiger partial charge in [0.05, 0.1) is 19.5 Å².